The molecule has 1 aromatic heterocycles. The van der Waals surface area contributed by atoms with Crippen molar-refractivity contribution in [1.82, 2.24) is 4.98 Å². The van der Waals surface area contributed by atoms with Crippen LogP contribution in [0.25, 0.3) is 0 Å². The maximum absolute atomic E-state index is 5.70. The maximum atomic E-state index is 5.70. The highest BCUT2D eigenvalue weighted by atomic mass is 32.1. The summed E-state index contributed by atoms with van der Waals surface area (Å²) in [5, 5.41) is 6.99. The Hall–Kier alpha value is -0.610. The molecule has 0 unspecified atom stereocenters. The smallest absolute Gasteiger partial charge is 0.182 e. The topological polar surface area (TPSA) is 34.1 Å². The van der Waals surface area contributed by atoms with Crippen LogP contribution in [0.2, 0.25) is 0 Å². The first-order chi connectivity index (χ1) is 10.8. The molecule has 22 heavy (non-hydrogen) atoms. The van der Waals surface area contributed by atoms with E-state index in [9.17, 15) is 0 Å². The monoisotopic (exact) mass is 318 g/mol. The molecular weight excluding hydrogens is 292 g/mol. The molecule has 0 aromatic carbocycles. The molecular formula is C18H26N2OS. The molecule has 5 fully saturated rings. The zero-order chi connectivity index (χ0) is 14.6. The summed E-state index contributed by atoms with van der Waals surface area (Å²) in [7, 11) is 0. The van der Waals surface area contributed by atoms with Gasteiger partial charge < -0.3 is 10.1 Å². The van der Waals surface area contributed by atoms with Crippen molar-refractivity contribution in [2.75, 3.05) is 18.5 Å². The lowest BCUT2D eigenvalue weighted by molar-refractivity contribution is -0.00688. The number of thiazole rings is 1. The van der Waals surface area contributed by atoms with Gasteiger partial charge in [0.2, 0.25) is 0 Å². The molecule has 0 spiro atoms. The minimum atomic E-state index is 0.395. The van der Waals surface area contributed by atoms with E-state index in [0.717, 1.165) is 36.0 Å². The van der Waals surface area contributed by atoms with Gasteiger partial charge in [0.25, 0.3) is 0 Å². The largest absolute Gasteiger partial charge is 0.376 e. The van der Waals surface area contributed by atoms with Gasteiger partial charge in [-0.25, -0.2) is 4.98 Å². The van der Waals surface area contributed by atoms with Gasteiger partial charge in [0, 0.05) is 23.9 Å². The highest BCUT2D eigenvalue weighted by Gasteiger charge is 2.52. The highest BCUT2D eigenvalue weighted by molar-refractivity contribution is 7.13. The number of nitrogens with zero attached hydrogens (tertiary/aromatic N) is 1. The van der Waals surface area contributed by atoms with Crippen LogP contribution in [0.5, 0.6) is 0 Å². The van der Waals surface area contributed by atoms with Gasteiger partial charge in [0.05, 0.1) is 11.8 Å². The molecule has 0 radical (unpaired) electrons. The van der Waals surface area contributed by atoms with E-state index in [1.807, 2.05) is 0 Å². The van der Waals surface area contributed by atoms with Crippen molar-refractivity contribution in [3.8, 4) is 0 Å². The standard InChI is InChI=1S/C18H26N2OS/c1-2-15(21-3-1)10-19-17-20-16(11-22-17)18-7-12-4-13(8-18)6-14(5-12)9-18/h11-15H,1-10H2,(H,19,20)/t12?,13?,14?,15-,18?/m1/s1. The summed E-state index contributed by atoms with van der Waals surface area (Å²) in [6.07, 6.45) is 11.6. The number of anilines is 1. The fourth-order valence-corrected chi connectivity index (χ4v) is 6.87. The van der Waals surface area contributed by atoms with Crippen molar-refractivity contribution in [1.29, 1.82) is 0 Å². The summed E-state index contributed by atoms with van der Waals surface area (Å²) >= 11 is 1.80. The van der Waals surface area contributed by atoms with E-state index in [4.69, 9.17) is 9.72 Å². The van der Waals surface area contributed by atoms with Crippen LogP contribution in [-0.2, 0) is 10.2 Å². The van der Waals surface area contributed by atoms with E-state index in [-0.39, 0.29) is 0 Å². The molecule has 1 N–H and O–H groups in total. The number of aromatic nitrogens is 1. The van der Waals surface area contributed by atoms with Crippen LogP contribution in [0.15, 0.2) is 5.38 Å². The molecule has 1 atom stereocenters. The number of ether oxygens (including phenoxy) is 1. The van der Waals surface area contributed by atoms with Gasteiger partial charge in [-0.1, -0.05) is 0 Å². The van der Waals surface area contributed by atoms with Gasteiger partial charge in [-0.05, 0) is 69.1 Å². The number of rotatable bonds is 4. The minimum Gasteiger partial charge on any atom is -0.376 e. The zero-order valence-electron chi connectivity index (χ0n) is 13.2. The first kappa shape index (κ1) is 13.8. The lowest BCUT2D eigenvalue weighted by atomic mass is 9.49. The van der Waals surface area contributed by atoms with E-state index >= 15 is 0 Å². The summed E-state index contributed by atoms with van der Waals surface area (Å²) < 4.78 is 5.70. The Balaban J connectivity index is 1.31. The third kappa shape index (κ3) is 2.30. The van der Waals surface area contributed by atoms with Gasteiger partial charge in [-0.15, -0.1) is 11.3 Å². The van der Waals surface area contributed by atoms with Crippen molar-refractivity contribution in [3.05, 3.63) is 11.1 Å². The summed E-state index contributed by atoms with van der Waals surface area (Å²) in [6.45, 7) is 1.86. The Morgan fingerprint density at radius 3 is 2.55 bits per heavy atom. The molecule has 1 aromatic rings. The average Bonchev–Trinajstić information content (AvgIpc) is 3.16. The van der Waals surface area contributed by atoms with Crippen molar-refractivity contribution in [3.63, 3.8) is 0 Å². The molecule has 3 nitrogen and oxygen atoms in total. The molecule has 0 amide bonds. The Labute approximate surface area is 136 Å². The summed E-state index contributed by atoms with van der Waals surface area (Å²) in [6, 6.07) is 0. The van der Waals surface area contributed by atoms with Crippen molar-refractivity contribution in [2.45, 2.75) is 62.9 Å². The lowest BCUT2D eigenvalue weighted by Crippen LogP contribution is -2.48. The third-order valence-electron chi connectivity index (χ3n) is 6.59. The quantitative estimate of drug-likeness (QED) is 0.903. The van der Waals surface area contributed by atoms with Gasteiger partial charge in [-0.3, -0.25) is 0 Å². The van der Waals surface area contributed by atoms with E-state index in [1.54, 1.807) is 11.3 Å². The Morgan fingerprint density at radius 2 is 1.91 bits per heavy atom. The minimum absolute atomic E-state index is 0.395. The third-order valence-corrected chi connectivity index (χ3v) is 7.39. The molecule has 120 valence electrons. The first-order valence-electron chi connectivity index (χ1n) is 9.11. The van der Waals surface area contributed by atoms with E-state index in [0.29, 0.717) is 11.5 Å². The Bertz CT molecular complexity index is 514. The molecule has 2 heterocycles. The average molecular weight is 318 g/mol. The maximum Gasteiger partial charge on any atom is 0.182 e. The number of hydrogen-bond donors (Lipinski definition) is 1. The van der Waals surface area contributed by atoms with Gasteiger partial charge in [0.1, 0.15) is 0 Å². The second-order valence-electron chi connectivity index (χ2n) is 8.25. The SMILES string of the molecule is c1sc(NC[C@H]2CCCO2)nc1C12CC3CC(CC(C3)C1)C2. The van der Waals surface area contributed by atoms with Crippen LogP contribution in [0.4, 0.5) is 5.13 Å². The number of nitrogens with one attached hydrogen (secondary N) is 1. The van der Waals surface area contributed by atoms with Crippen LogP contribution in [-0.4, -0.2) is 24.2 Å². The number of hydrogen-bond acceptors (Lipinski definition) is 4. The van der Waals surface area contributed by atoms with Crippen LogP contribution in [0, 0.1) is 17.8 Å². The van der Waals surface area contributed by atoms with E-state index in [1.165, 1.54) is 57.1 Å². The normalized spacial score (nSPS) is 42.9. The highest BCUT2D eigenvalue weighted by Crippen LogP contribution is 2.60. The zero-order valence-corrected chi connectivity index (χ0v) is 14.0. The van der Waals surface area contributed by atoms with Crippen molar-refractivity contribution >= 4 is 16.5 Å². The van der Waals surface area contributed by atoms with Crippen molar-refractivity contribution < 1.29 is 4.74 Å². The van der Waals surface area contributed by atoms with Crippen LogP contribution in [0.1, 0.15) is 57.1 Å². The van der Waals surface area contributed by atoms with E-state index in [2.05, 4.69) is 10.7 Å². The molecule has 4 aliphatic carbocycles. The van der Waals surface area contributed by atoms with Gasteiger partial charge in [0.15, 0.2) is 5.13 Å². The van der Waals surface area contributed by atoms with Crippen molar-refractivity contribution in [2.24, 2.45) is 17.8 Å². The Morgan fingerprint density at radius 1 is 1.18 bits per heavy atom. The van der Waals surface area contributed by atoms with Gasteiger partial charge in [-0.2, -0.15) is 0 Å². The predicted octanol–water partition coefficient (Wildman–Crippen LogP) is 4.20. The lowest BCUT2D eigenvalue weighted by Gasteiger charge is -2.56. The summed E-state index contributed by atoms with van der Waals surface area (Å²) in [4.78, 5) is 5.01. The molecule has 4 bridgehead atoms. The van der Waals surface area contributed by atoms with Crippen LogP contribution in [0.3, 0.4) is 0 Å². The summed E-state index contributed by atoms with van der Waals surface area (Å²) in [5.41, 5.74) is 1.85. The Kier molecular flexibility index (Phi) is 3.26. The molecule has 1 aliphatic heterocycles. The first-order valence-corrected chi connectivity index (χ1v) is 9.98. The van der Waals surface area contributed by atoms with Crippen LogP contribution < -0.4 is 5.32 Å². The molecule has 1 saturated heterocycles. The van der Waals surface area contributed by atoms with E-state index < -0.39 is 0 Å². The second-order valence-corrected chi connectivity index (χ2v) is 9.11. The predicted molar refractivity (Wildman–Crippen MR) is 89.4 cm³/mol. The summed E-state index contributed by atoms with van der Waals surface area (Å²) in [5.74, 6) is 2.99. The fourth-order valence-electron chi connectivity index (χ4n) is 6.03. The molecule has 4 saturated carbocycles. The van der Waals surface area contributed by atoms with Crippen LogP contribution >= 0.6 is 11.3 Å². The van der Waals surface area contributed by atoms with Gasteiger partial charge >= 0.3 is 0 Å². The molecule has 4 heteroatoms. The fraction of sp³-hybridized carbons (Fsp3) is 0.833. The molecule has 5 aliphatic rings. The molecule has 6 rings (SSSR count). The second kappa shape index (κ2) is 5.20.